The monoisotopic (exact) mass is 524 g/mol. The Morgan fingerprint density at radius 2 is 1.72 bits per heavy atom. The minimum absolute atomic E-state index is 0.0770. The van der Waals surface area contributed by atoms with E-state index in [9.17, 15) is 41.7 Å². The predicted octanol–water partition coefficient (Wildman–Crippen LogP) is 6.79. The van der Waals surface area contributed by atoms with E-state index in [4.69, 9.17) is 0 Å². The summed E-state index contributed by atoms with van der Waals surface area (Å²) in [6, 6.07) is 0. The maximum atomic E-state index is 13.0. The molecule has 0 heterocycles. The first-order valence-electron chi connectivity index (χ1n) is 12.8. The van der Waals surface area contributed by atoms with Crippen LogP contribution in [0.1, 0.15) is 78.1 Å². The lowest BCUT2D eigenvalue weighted by Crippen LogP contribution is -2.56. The average Bonchev–Trinajstić information content (AvgIpc) is 3.11. The molecule has 0 saturated heterocycles. The smallest absolute Gasteiger partial charge is 0.393 e. The van der Waals surface area contributed by atoms with Crippen LogP contribution in [0, 0.1) is 23.2 Å². The Balaban J connectivity index is 1.69. The molecule has 0 aliphatic heterocycles. The lowest BCUT2D eigenvalue weighted by atomic mass is 9.60. The second-order valence-electron chi connectivity index (χ2n) is 11.4. The number of allylic oxidation sites excluding steroid dienone is 3. The summed E-state index contributed by atoms with van der Waals surface area (Å²) >= 11 is 0. The van der Waals surface area contributed by atoms with Crippen molar-refractivity contribution < 1.29 is 41.7 Å². The largest absolute Gasteiger partial charge is 0.426 e. The van der Waals surface area contributed by atoms with Gasteiger partial charge in [-0.2, -0.15) is 26.3 Å². The van der Waals surface area contributed by atoms with Crippen LogP contribution >= 0.6 is 0 Å². The van der Waals surface area contributed by atoms with Crippen LogP contribution in [0.3, 0.4) is 0 Å². The highest BCUT2D eigenvalue weighted by Gasteiger charge is 2.69. The molecule has 3 saturated carbocycles. The summed E-state index contributed by atoms with van der Waals surface area (Å²) in [5.74, 6) is 0.355. The molecule has 0 spiro atoms. The Hall–Kier alpha value is -1.32. The fraction of sp³-hybridized carbons (Fsp3) is 0.778. The summed E-state index contributed by atoms with van der Waals surface area (Å²) in [6.07, 6.45) is -5.24. The molecular formula is C27H38F6O3. The quantitative estimate of drug-likeness (QED) is 0.336. The Labute approximate surface area is 209 Å². The van der Waals surface area contributed by atoms with E-state index < -0.39 is 36.6 Å². The average molecular weight is 525 g/mol. The lowest BCUT2D eigenvalue weighted by molar-refractivity contribution is -0.370. The van der Waals surface area contributed by atoms with Gasteiger partial charge in [0.1, 0.15) is 0 Å². The van der Waals surface area contributed by atoms with Crippen molar-refractivity contribution in [3.63, 3.8) is 0 Å². The van der Waals surface area contributed by atoms with E-state index in [1.165, 1.54) is 5.57 Å². The van der Waals surface area contributed by atoms with Crippen molar-refractivity contribution in [3.05, 3.63) is 35.5 Å². The summed E-state index contributed by atoms with van der Waals surface area (Å²) in [4.78, 5) is 0. The Morgan fingerprint density at radius 3 is 2.33 bits per heavy atom. The number of halogens is 6. The van der Waals surface area contributed by atoms with Crippen LogP contribution in [0.2, 0.25) is 0 Å². The Bertz CT molecular complexity index is 860. The molecule has 0 aromatic rings. The molecule has 9 heteroatoms. The van der Waals surface area contributed by atoms with Crippen LogP contribution in [0.25, 0.3) is 0 Å². The van der Waals surface area contributed by atoms with Gasteiger partial charge in [0.25, 0.3) is 5.60 Å². The topological polar surface area (TPSA) is 60.7 Å². The molecular weight excluding hydrogens is 486 g/mol. The molecule has 3 nitrogen and oxygen atoms in total. The Kier molecular flexibility index (Phi) is 8.48. The van der Waals surface area contributed by atoms with Crippen LogP contribution in [0.5, 0.6) is 0 Å². The van der Waals surface area contributed by atoms with E-state index in [1.54, 1.807) is 0 Å². The number of hydrogen-bond acceptors (Lipinski definition) is 3. The van der Waals surface area contributed by atoms with E-state index >= 15 is 0 Å². The molecule has 0 bridgehead atoms. The zero-order chi connectivity index (χ0) is 27.1. The SMILES string of the molecule is C=C1/C(=C/C=C2\CCC[C@]3(C)[C@@H]2CC[C@@H]3[C@H](C)CCCC(O)(C(F)(F)F)C(F)(F)F)C[C@@H](O)C[C@@H]1O. The van der Waals surface area contributed by atoms with Crippen molar-refractivity contribution in [2.24, 2.45) is 23.2 Å². The van der Waals surface area contributed by atoms with Gasteiger partial charge >= 0.3 is 12.4 Å². The summed E-state index contributed by atoms with van der Waals surface area (Å²) in [5, 5.41) is 29.5. The number of aliphatic hydroxyl groups is 3. The molecule has 3 rings (SSSR count). The summed E-state index contributed by atoms with van der Waals surface area (Å²) in [5.41, 5.74) is -2.08. The number of fused-ring (bicyclic) bond motifs is 1. The van der Waals surface area contributed by atoms with Gasteiger partial charge < -0.3 is 15.3 Å². The standard InChI is InChI=1S/C27H38F6O3/c1-16(6-4-13-25(36,26(28,29)30)27(31,32)33)21-10-11-22-18(7-5-12-24(21,22)3)8-9-19-14-20(34)15-23(35)17(19)2/h8-9,16,20-23,34-36H,2,4-7,10-15H2,1,3H3/b18-8+,19-9+/t16-,20-,21-,22-,23+,24+/m1/s1. The van der Waals surface area contributed by atoms with Gasteiger partial charge in [-0.1, -0.05) is 44.6 Å². The fourth-order valence-electron chi connectivity index (χ4n) is 7.00. The second-order valence-corrected chi connectivity index (χ2v) is 11.4. The van der Waals surface area contributed by atoms with Crippen LogP contribution in [-0.2, 0) is 0 Å². The van der Waals surface area contributed by atoms with E-state index in [2.05, 4.69) is 19.6 Å². The van der Waals surface area contributed by atoms with Crippen molar-refractivity contribution in [2.45, 2.75) is 108 Å². The summed E-state index contributed by atoms with van der Waals surface area (Å²) in [6.45, 7) is 8.03. The minimum atomic E-state index is -5.77. The van der Waals surface area contributed by atoms with Gasteiger partial charge in [-0.3, -0.25) is 0 Å². The normalized spacial score (nSPS) is 35.4. The second kappa shape index (κ2) is 10.4. The number of rotatable bonds is 6. The molecule has 0 amide bonds. The van der Waals surface area contributed by atoms with Crippen LogP contribution in [0.4, 0.5) is 26.3 Å². The van der Waals surface area contributed by atoms with Gasteiger partial charge in [-0.25, -0.2) is 0 Å². The van der Waals surface area contributed by atoms with E-state index in [0.717, 1.165) is 37.7 Å². The van der Waals surface area contributed by atoms with Gasteiger partial charge in [0.15, 0.2) is 0 Å². The van der Waals surface area contributed by atoms with E-state index in [1.807, 2.05) is 13.0 Å². The Morgan fingerprint density at radius 1 is 1.08 bits per heavy atom. The molecule has 0 aromatic carbocycles. The number of hydrogen-bond donors (Lipinski definition) is 3. The molecule has 6 atom stereocenters. The van der Waals surface area contributed by atoms with Gasteiger partial charge in [0.2, 0.25) is 0 Å². The third-order valence-electron chi connectivity index (χ3n) is 9.12. The third-order valence-corrected chi connectivity index (χ3v) is 9.12. The van der Waals surface area contributed by atoms with E-state index in [0.29, 0.717) is 12.0 Å². The maximum absolute atomic E-state index is 13.0. The number of aliphatic hydroxyl groups excluding tert-OH is 2. The molecule has 3 N–H and O–H groups in total. The highest BCUT2D eigenvalue weighted by atomic mass is 19.4. The first kappa shape index (κ1) is 29.2. The summed E-state index contributed by atoms with van der Waals surface area (Å²) < 4.78 is 78.1. The van der Waals surface area contributed by atoms with Crippen molar-refractivity contribution in [1.29, 1.82) is 0 Å². The molecule has 3 aliphatic rings. The number of alkyl halides is 6. The van der Waals surface area contributed by atoms with Crippen LogP contribution < -0.4 is 0 Å². The van der Waals surface area contributed by atoms with Crippen LogP contribution in [-0.4, -0.2) is 45.5 Å². The van der Waals surface area contributed by atoms with E-state index in [-0.39, 0.29) is 42.4 Å². The predicted molar refractivity (Wildman–Crippen MR) is 125 cm³/mol. The molecule has 0 unspecified atom stereocenters. The van der Waals surface area contributed by atoms with Crippen molar-refractivity contribution in [3.8, 4) is 0 Å². The van der Waals surface area contributed by atoms with Crippen molar-refractivity contribution in [2.75, 3.05) is 0 Å². The fourth-order valence-corrected chi connectivity index (χ4v) is 7.00. The molecule has 36 heavy (non-hydrogen) atoms. The third kappa shape index (κ3) is 5.58. The molecule has 3 aliphatic carbocycles. The highest BCUT2D eigenvalue weighted by molar-refractivity contribution is 5.38. The van der Waals surface area contributed by atoms with Crippen molar-refractivity contribution in [1.82, 2.24) is 0 Å². The molecule has 0 radical (unpaired) electrons. The maximum Gasteiger partial charge on any atom is 0.426 e. The van der Waals surface area contributed by atoms with Gasteiger partial charge in [0, 0.05) is 6.42 Å². The lowest BCUT2D eigenvalue weighted by Gasteiger charge is -2.44. The van der Waals surface area contributed by atoms with Crippen molar-refractivity contribution >= 4 is 0 Å². The van der Waals surface area contributed by atoms with Gasteiger partial charge in [0.05, 0.1) is 12.2 Å². The minimum Gasteiger partial charge on any atom is -0.393 e. The first-order chi connectivity index (χ1) is 16.5. The molecule has 3 fully saturated rings. The summed E-state index contributed by atoms with van der Waals surface area (Å²) in [7, 11) is 0. The van der Waals surface area contributed by atoms with Crippen LogP contribution in [0.15, 0.2) is 35.5 Å². The van der Waals surface area contributed by atoms with Gasteiger partial charge in [-0.05, 0) is 85.7 Å². The molecule has 206 valence electrons. The zero-order valence-electron chi connectivity index (χ0n) is 20.9. The zero-order valence-corrected chi connectivity index (χ0v) is 20.9. The highest BCUT2D eigenvalue weighted by Crippen LogP contribution is 2.60. The first-order valence-corrected chi connectivity index (χ1v) is 12.8. The molecule has 0 aromatic heterocycles. The van der Waals surface area contributed by atoms with Gasteiger partial charge in [-0.15, -0.1) is 0 Å².